The summed E-state index contributed by atoms with van der Waals surface area (Å²) in [7, 11) is 1.82. The number of rotatable bonds is 4. The van der Waals surface area contributed by atoms with Gasteiger partial charge < -0.3 is 15.0 Å². The molecule has 0 radical (unpaired) electrons. The first-order chi connectivity index (χ1) is 10.7. The molecule has 1 fully saturated rings. The number of anilines is 2. The molecule has 1 aliphatic rings. The van der Waals surface area contributed by atoms with Crippen molar-refractivity contribution < 1.29 is 4.74 Å². The Bertz CT molecular complexity index is 646. The van der Waals surface area contributed by atoms with Gasteiger partial charge in [0.15, 0.2) is 11.0 Å². The van der Waals surface area contributed by atoms with Gasteiger partial charge in [0.05, 0.1) is 25.5 Å². The Morgan fingerprint density at radius 2 is 2.32 bits per heavy atom. The lowest BCUT2D eigenvalue weighted by molar-refractivity contribution is 0.0272. The summed E-state index contributed by atoms with van der Waals surface area (Å²) in [6.45, 7) is 4.91. The highest BCUT2D eigenvalue weighted by Gasteiger charge is 2.24. The molecule has 3 rings (SSSR count). The second kappa shape index (κ2) is 6.50. The lowest BCUT2D eigenvalue weighted by atomic mass is 10.2. The first-order valence-corrected chi connectivity index (χ1v) is 7.59. The van der Waals surface area contributed by atoms with Crippen LogP contribution in [0.3, 0.4) is 0 Å². The quantitative estimate of drug-likeness (QED) is 0.862. The maximum Gasteiger partial charge on any atom is 0.157 e. The van der Waals surface area contributed by atoms with Gasteiger partial charge in [0, 0.05) is 26.3 Å². The van der Waals surface area contributed by atoms with E-state index in [0.29, 0.717) is 11.8 Å². The fraction of sp³-hybridized carbons (Fsp3) is 0.500. The van der Waals surface area contributed by atoms with E-state index in [1.807, 2.05) is 31.0 Å². The van der Waals surface area contributed by atoms with Crippen molar-refractivity contribution >= 4 is 23.1 Å². The van der Waals surface area contributed by atoms with Crippen LogP contribution < -0.4 is 10.2 Å². The summed E-state index contributed by atoms with van der Waals surface area (Å²) in [5, 5.41) is 7.82. The van der Waals surface area contributed by atoms with E-state index in [9.17, 15) is 0 Å². The third kappa shape index (κ3) is 3.15. The van der Waals surface area contributed by atoms with Crippen LogP contribution in [0.2, 0.25) is 5.15 Å². The van der Waals surface area contributed by atoms with E-state index >= 15 is 0 Å². The molecule has 2 aromatic heterocycles. The Morgan fingerprint density at radius 1 is 1.45 bits per heavy atom. The average Bonchev–Trinajstić information content (AvgIpc) is 2.92. The van der Waals surface area contributed by atoms with Crippen molar-refractivity contribution in [2.24, 2.45) is 0 Å². The molecule has 2 aromatic rings. The fourth-order valence-electron chi connectivity index (χ4n) is 2.61. The third-order valence-corrected chi connectivity index (χ3v) is 3.91. The highest BCUT2D eigenvalue weighted by Crippen LogP contribution is 2.29. The van der Waals surface area contributed by atoms with Gasteiger partial charge in [-0.05, 0) is 12.5 Å². The molecule has 0 saturated carbocycles. The Morgan fingerprint density at radius 3 is 3.05 bits per heavy atom. The van der Waals surface area contributed by atoms with Crippen LogP contribution in [0.1, 0.15) is 5.56 Å². The molecule has 0 aliphatic carbocycles. The predicted octanol–water partition coefficient (Wildman–Crippen LogP) is 1.58. The van der Waals surface area contributed by atoms with Gasteiger partial charge in [-0.3, -0.25) is 4.68 Å². The van der Waals surface area contributed by atoms with Crippen LogP contribution in [0.15, 0.2) is 18.7 Å². The van der Waals surface area contributed by atoms with Crippen molar-refractivity contribution in [3.63, 3.8) is 0 Å². The zero-order valence-corrected chi connectivity index (χ0v) is 13.4. The van der Waals surface area contributed by atoms with Gasteiger partial charge in [0.25, 0.3) is 0 Å². The standard InChI is InChI=1S/C14H19ClN6O/c1-10-5-19-21(6-10)8-11-7-20(3-4-22-11)14-12(16-2)13(15)17-9-18-14/h5-6,9,11,16H,3-4,7-8H2,1-2H3. The summed E-state index contributed by atoms with van der Waals surface area (Å²) in [6, 6.07) is 0. The van der Waals surface area contributed by atoms with E-state index < -0.39 is 0 Å². The van der Waals surface area contributed by atoms with Gasteiger partial charge in [0.2, 0.25) is 0 Å². The van der Waals surface area contributed by atoms with Gasteiger partial charge in [-0.2, -0.15) is 5.10 Å². The Balaban J connectivity index is 1.74. The fourth-order valence-corrected chi connectivity index (χ4v) is 2.83. The first-order valence-electron chi connectivity index (χ1n) is 7.21. The molecule has 8 heteroatoms. The number of morpholine rings is 1. The number of hydrogen-bond donors (Lipinski definition) is 1. The average molecular weight is 323 g/mol. The number of halogens is 1. The molecule has 22 heavy (non-hydrogen) atoms. The second-order valence-electron chi connectivity index (χ2n) is 5.29. The molecule has 1 N–H and O–H groups in total. The van der Waals surface area contributed by atoms with Crippen molar-refractivity contribution in [1.29, 1.82) is 0 Å². The SMILES string of the molecule is CNc1c(Cl)ncnc1N1CCOC(Cn2cc(C)cn2)C1. The van der Waals surface area contributed by atoms with Crippen LogP contribution in [0.4, 0.5) is 11.5 Å². The molecule has 0 bridgehead atoms. The normalized spacial score (nSPS) is 18.5. The van der Waals surface area contributed by atoms with Gasteiger partial charge >= 0.3 is 0 Å². The minimum atomic E-state index is 0.0616. The maximum atomic E-state index is 6.13. The summed E-state index contributed by atoms with van der Waals surface area (Å²) >= 11 is 6.13. The molecule has 0 amide bonds. The number of aromatic nitrogens is 4. The molecule has 0 aromatic carbocycles. The zero-order chi connectivity index (χ0) is 15.5. The lowest BCUT2D eigenvalue weighted by Crippen LogP contribution is -2.45. The third-order valence-electron chi connectivity index (χ3n) is 3.62. The van der Waals surface area contributed by atoms with Crippen LogP contribution in [-0.4, -0.2) is 52.6 Å². The van der Waals surface area contributed by atoms with Gasteiger partial charge in [0.1, 0.15) is 12.0 Å². The highest BCUT2D eigenvalue weighted by molar-refractivity contribution is 6.32. The summed E-state index contributed by atoms with van der Waals surface area (Å²) in [5.74, 6) is 0.812. The van der Waals surface area contributed by atoms with Crippen LogP contribution in [0, 0.1) is 6.92 Å². The number of nitrogens with zero attached hydrogens (tertiary/aromatic N) is 5. The molecular weight excluding hydrogens is 304 g/mol. The van der Waals surface area contributed by atoms with Crippen molar-refractivity contribution in [1.82, 2.24) is 19.7 Å². The molecule has 1 atom stereocenters. The van der Waals surface area contributed by atoms with E-state index in [4.69, 9.17) is 16.3 Å². The summed E-state index contributed by atoms with van der Waals surface area (Å²) in [5.41, 5.74) is 1.90. The topological polar surface area (TPSA) is 68.1 Å². The Labute approximate surface area is 134 Å². The number of ether oxygens (including phenoxy) is 1. The van der Waals surface area contributed by atoms with Crippen LogP contribution in [0.5, 0.6) is 0 Å². The smallest absolute Gasteiger partial charge is 0.157 e. The summed E-state index contributed by atoms with van der Waals surface area (Å²) < 4.78 is 7.76. The van der Waals surface area contributed by atoms with E-state index in [1.165, 1.54) is 6.33 Å². The molecule has 1 saturated heterocycles. The highest BCUT2D eigenvalue weighted by atomic mass is 35.5. The number of nitrogens with one attached hydrogen (secondary N) is 1. The van der Waals surface area contributed by atoms with Crippen LogP contribution in [-0.2, 0) is 11.3 Å². The Hall–Kier alpha value is -1.86. The summed E-state index contributed by atoms with van der Waals surface area (Å²) in [6.07, 6.45) is 5.42. The molecule has 1 unspecified atom stereocenters. The van der Waals surface area contributed by atoms with E-state index in [1.54, 1.807) is 0 Å². The van der Waals surface area contributed by atoms with Crippen molar-refractivity contribution in [3.05, 3.63) is 29.4 Å². The van der Waals surface area contributed by atoms with Gasteiger partial charge in [-0.15, -0.1) is 0 Å². The van der Waals surface area contributed by atoms with Crippen molar-refractivity contribution in [2.75, 3.05) is 37.0 Å². The number of aryl methyl sites for hydroxylation is 1. The predicted molar refractivity (Wildman–Crippen MR) is 85.5 cm³/mol. The van der Waals surface area contributed by atoms with Crippen LogP contribution >= 0.6 is 11.6 Å². The first kappa shape index (κ1) is 15.1. The van der Waals surface area contributed by atoms with Crippen molar-refractivity contribution in [3.8, 4) is 0 Å². The Kier molecular flexibility index (Phi) is 4.44. The largest absolute Gasteiger partial charge is 0.383 e. The van der Waals surface area contributed by atoms with Gasteiger partial charge in [-0.1, -0.05) is 11.6 Å². The molecule has 118 valence electrons. The molecule has 3 heterocycles. The van der Waals surface area contributed by atoms with Crippen molar-refractivity contribution in [2.45, 2.75) is 19.6 Å². The molecule has 1 aliphatic heterocycles. The lowest BCUT2D eigenvalue weighted by Gasteiger charge is -2.34. The molecule has 7 nitrogen and oxygen atoms in total. The second-order valence-corrected chi connectivity index (χ2v) is 5.65. The van der Waals surface area contributed by atoms with Gasteiger partial charge in [-0.25, -0.2) is 9.97 Å². The van der Waals surface area contributed by atoms with E-state index in [-0.39, 0.29) is 6.10 Å². The summed E-state index contributed by atoms with van der Waals surface area (Å²) in [4.78, 5) is 10.6. The minimum absolute atomic E-state index is 0.0616. The maximum absolute atomic E-state index is 6.13. The minimum Gasteiger partial charge on any atom is -0.383 e. The molecular formula is C14H19ClN6O. The number of hydrogen-bond acceptors (Lipinski definition) is 6. The molecule has 0 spiro atoms. The van der Waals surface area contributed by atoms with E-state index in [2.05, 4.69) is 25.3 Å². The van der Waals surface area contributed by atoms with E-state index in [0.717, 1.165) is 36.7 Å². The monoisotopic (exact) mass is 322 g/mol. The van der Waals surface area contributed by atoms with Crippen LogP contribution in [0.25, 0.3) is 0 Å². The zero-order valence-electron chi connectivity index (χ0n) is 12.7.